The average Bonchev–Trinajstić information content (AvgIpc) is 2.45. The molecule has 1 fully saturated rings. The predicted molar refractivity (Wildman–Crippen MR) is 92.1 cm³/mol. The van der Waals surface area contributed by atoms with Gasteiger partial charge in [0, 0.05) is 24.5 Å². The van der Waals surface area contributed by atoms with Gasteiger partial charge in [-0.15, -0.1) is 0 Å². The average molecular weight is 335 g/mol. The first-order valence-electron chi connectivity index (χ1n) is 8.66. The summed E-state index contributed by atoms with van der Waals surface area (Å²) < 4.78 is 11.2. The topological polar surface area (TPSA) is 64.5 Å². The first-order chi connectivity index (χ1) is 11.2. The number of hydrogen-bond donors (Lipinski definition) is 0. The van der Waals surface area contributed by atoms with Crippen LogP contribution in [-0.2, 0) is 4.74 Å². The van der Waals surface area contributed by atoms with E-state index in [9.17, 15) is 4.79 Å². The predicted octanol–water partition coefficient (Wildman–Crippen LogP) is 3.51. The van der Waals surface area contributed by atoms with E-state index in [1.165, 1.54) is 0 Å². The molecule has 24 heavy (non-hydrogen) atoms. The van der Waals surface area contributed by atoms with E-state index in [0.717, 1.165) is 43.7 Å². The fraction of sp³-hybridized carbons (Fsp3) is 0.722. The number of piperidine rings is 1. The minimum Gasteiger partial charge on any atom is -0.463 e. The Hall–Kier alpha value is -1.85. The van der Waals surface area contributed by atoms with Gasteiger partial charge in [0.1, 0.15) is 5.60 Å². The maximum atomic E-state index is 12.2. The van der Waals surface area contributed by atoms with Gasteiger partial charge in [0.2, 0.25) is 0 Å². The molecule has 0 aliphatic carbocycles. The van der Waals surface area contributed by atoms with Crippen molar-refractivity contribution in [3.8, 4) is 6.01 Å². The highest BCUT2D eigenvalue weighted by Crippen LogP contribution is 2.22. The van der Waals surface area contributed by atoms with Gasteiger partial charge >= 0.3 is 12.1 Å². The molecular formula is C18H29N3O3. The van der Waals surface area contributed by atoms with Crippen LogP contribution < -0.4 is 4.74 Å². The van der Waals surface area contributed by atoms with Crippen molar-refractivity contribution in [2.45, 2.75) is 59.5 Å². The molecule has 1 saturated heterocycles. The maximum absolute atomic E-state index is 12.2. The third-order valence-electron chi connectivity index (χ3n) is 3.89. The zero-order valence-electron chi connectivity index (χ0n) is 15.5. The molecule has 1 amide bonds. The Morgan fingerprint density at radius 3 is 2.58 bits per heavy atom. The van der Waals surface area contributed by atoms with E-state index in [2.05, 4.69) is 9.97 Å². The summed E-state index contributed by atoms with van der Waals surface area (Å²) in [4.78, 5) is 22.6. The molecule has 0 saturated carbocycles. The molecule has 0 spiro atoms. The molecule has 0 radical (unpaired) electrons. The highest BCUT2D eigenvalue weighted by atomic mass is 16.6. The highest BCUT2D eigenvalue weighted by Gasteiger charge is 2.27. The van der Waals surface area contributed by atoms with E-state index in [-0.39, 0.29) is 6.09 Å². The summed E-state index contributed by atoms with van der Waals surface area (Å²) in [7, 11) is 0. The van der Waals surface area contributed by atoms with Crippen molar-refractivity contribution in [1.29, 1.82) is 0 Å². The monoisotopic (exact) mass is 335 g/mol. The van der Waals surface area contributed by atoms with Crippen molar-refractivity contribution in [1.82, 2.24) is 14.9 Å². The van der Waals surface area contributed by atoms with Crippen molar-refractivity contribution in [2.75, 3.05) is 19.7 Å². The van der Waals surface area contributed by atoms with Crippen molar-refractivity contribution in [3.63, 3.8) is 0 Å². The van der Waals surface area contributed by atoms with E-state index >= 15 is 0 Å². The van der Waals surface area contributed by atoms with Crippen LogP contribution in [0.1, 0.15) is 51.4 Å². The molecule has 6 nitrogen and oxygen atoms in total. The van der Waals surface area contributed by atoms with E-state index in [4.69, 9.17) is 9.47 Å². The highest BCUT2D eigenvalue weighted by molar-refractivity contribution is 5.68. The van der Waals surface area contributed by atoms with Gasteiger partial charge in [0.15, 0.2) is 0 Å². The second-order valence-corrected chi connectivity index (χ2v) is 7.51. The summed E-state index contributed by atoms with van der Waals surface area (Å²) in [5.74, 6) is 0.428. The van der Waals surface area contributed by atoms with Crippen LogP contribution >= 0.6 is 0 Å². The van der Waals surface area contributed by atoms with Crippen LogP contribution in [0.5, 0.6) is 6.01 Å². The van der Waals surface area contributed by atoms with Crippen LogP contribution in [0.15, 0.2) is 6.07 Å². The molecule has 134 valence electrons. The molecule has 1 aromatic heterocycles. The SMILES string of the molecule is Cc1cc(C)nc(OCC[C@@H]2CCCN(C(=O)OC(C)(C)C)C2)n1. The molecule has 0 bridgehead atoms. The summed E-state index contributed by atoms with van der Waals surface area (Å²) >= 11 is 0. The van der Waals surface area contributed by atoms with Crippen molar-refractivity contribution < 1.29 is 14.3 Å². The summed E-state index contributed by atoms with van der Waals surface area (Å²) in [6, 6.07) is 2.36. The Balaban J connectivity index is 1.79. The Labute approximate surface area is 144 Å². The fourth-order valence-electron chi connectivity index (χ4n) is 2.87. The van der Waals surface area contributed by atoms with Gasteiger partial charge in [0.05, 0.1) is 6.61 Å². The van der Waals surface area contributed by atoms with E-state index in [1.807, 2.05) is 45.6 Å². The van der Waals surface area contributed by atoms with Gasteiger partial charge in [-0.1, -0.05) is 0 Å². The summed E-state index contributed by atoms with van der Waals surface area (Å²) in [5.41, 5.74) is 1.37. The van der Waals surface area contributed by atoms with Crippen LogP contribution in [-0.4, -0.2) is 46.3 Å². The number of amides is 1. The molecule has 1 aliphatic rings. The minimum atomic E-state index is -0.451. The van der Waals surface area contributed by atoms with Crippen molar-refractivity contribution in [3.05, 3.63) is 17.5 Å². The standard InChI is InChI=1S/C18H29N3O3/c1-13-11-14(2)20-16(19-13)23-10-8-15-7-6-9-21(12-15)17(22)24-18(3,4)5/h11,15H,6-10,12H2,1-5H3/t15-/m0/s1. The molecular weight excluding hydrogens is 306 g/mol. The van der Waals surface area contributed by atoms with Crippen LogP contribution in [0.2, 0.25) is 0 Å². The van der Waals surface area contributed by atoms with Gasteiger partial charge in [0.25, 0.3) is 0 Å². The molecule has 0 N–H and O–H groups in total. The molecule has 1 aromatic rings. The number of ether oxygens (including phenoxy) is 2. The van der Waals surface area contributed by atoms with E-state index < -0.39 is 5.60 Å². The van der Waals surface area contributed by atoms with E-state index in [0.29, 0.717) is 18.5 Å². The van der Waals surface area contributed by atoms with Gasteiger partial charge in [-0.05, 0) is 65.9 Å². The summed E-state index contributed by atoms with van der Waals surface area (Å²) in [6.45, 7) is 11.6. The maximum Gasteiger partial charge on any atom is 0.410 e. The third kappa shape index (κ3) is 5.98. The van der Waals surface area contributed by atoms with Crippen LogP contribution in [0.25, 0.3) is 0 Å². The largest absolute Gasteiger partial charge is 0.463 e. The Morgan fingerprint density at radius 2 is 1.96 bits per heavy atom. The van der Waals surface area contributed by atoms with Gasteiger partial charge in [-0.2, -0.15) is 0 Å². The lowest BCUT2D eigenvalue weighted by Gasteiger charge is -2.34. The molecule has 2 rings (SSSR count). The third-order valence-corrected chi connectivity index (χ3v) is 3.89. The lowest BCUT2D eigenvalue weighted by atomic mass is 9.95. The number of likely N-dealkylation sites (tertiary alicyclic amines) is 1. The second-order valence-electron chi connectivity index (χ2n) is 7.51. The molecule has 6 heteroatoms. The smallest absolute Gasteiger partial charge is 0.410 e. The Bertz CT molecular complexity index is 549. The number of aryl methyl sites for hydroxylation is 2. The number of carbonyl (C=O) groups excluding carboxylic acids is 1. The van der Waals surface area contributed by atoms with Gasteiger partial charge < -0.3 is 14.4 Å². The van der Waals surface area contributed by atoms with Crippen LogP contribution in [0.4, 0.5) is 4.79 Å². The molecule has 0 aromatic carbocycles. The Morgan fingerprint density at radius 1 is 1.29 bits per heavy atom. The molecule has 1 atom stereocenters. The number of rotatable bonds is 4. The Kier molecular flexibility index (Phi) is 6.02. The number of carbonyl (C=O) groups is 1. The summed E-state index contributed by atoms with van der Waals surface area (Å²) in [5, 5.41) is 0. The number of aromatic nitrogens is 2. The van der Waals surface area contributed by atoms with Crippen molar-refractivity contribution >= 4 is 6.09 Å². The zero-order chi connectivity index (χ0) is 17.7. The lowest BCUT2D eigenvalue weighted by molar-refractivity contribution is 0.0154. The van der Waals surface area contributed by atoms with E-state index in [1.54, 1.807) is 0 Å². The molecule has 1 aliphatic heterocycles. The normalized spacial score (nSPS) is 18.4. The van der Waals surface area contributed by atoms with Crippen molar-refractivity contribution in [2.24, 2.45) is 5.92 Å². The first-order valence-corrected chi connectivity index (χ1v) is 8.66. The first kappa shape index (κ1) is 18.5. The summed E-state index contributed by atoms with van der Waals surface area (Å²) in [6.07, 6.45) is 2.78. The van der Waals surface area contributed by atoms with Gasteiger partial charge in [-0.3, -0.25) is 0 Å². The number of nitrogens with zero attached hydrogens (tertiary/aromatic N) is 3. The molecule has 0 unspecified atom stereocenters. The fourth-order valence-corrected chi connectivity index (χ4v) is 2.87. The minimum absolute atomic E-state index is 0.217. The number of hydrogen-bond acceptors (Lipinski definition) is 5. The quantitative estimate of drug-likeness (QED) is 0.842. The van der Waals surface area contributed by atoms with Crippen LogP contribution in [0, 0.1) is 19.8 Å². The van der Waals surface area contributed by atoms with Crippen LogP contribution in [0.3, 0.4) is 0 Å². The molecule has 2 heterocycles. The van der Waals surface area contributed by atoms with Gasteiger partial charge in [-0.25, -0.2) is 14.8 Å². The lowest BCUT2D eigenvalue weighted by Crippen LogP contribution is -2.43. The zero-order valence-corrected chi connectivity index (χ0v) is 15.5. The second kappa shape index (κ2) is 7.81.